The summed E-state index contributed by atoms with van der Waals surface area (Å²) >= 11 is 0. The lowest BCUT2D eigenvalue weighted by molar-refractivity contribution is -0.125. The molecule has 2 aromatic carbocycles. The number of allylic oxidation sites excluding steroid dienone is 1. The lowest BCUT2D eigenvalue weighted by atomic mass is 9.89. The Bertz CT molecular complexity index is 837. The average molecular weight is 555 g/mol. The van der Waals surface area contributed by atoms with Crippen molar-refractivity contribution in [1.82, 2.24) is 16.0 Å². The van der Waals surface area contributed by atoms with Crippen LogP contribution in [0.4, 0.5) is 0 Å². The van der Waals surface area contributed by atoms with Crippen LogP contribution in [0, 0.1) is 11.3 Å². The summed E-state index contributed by atoms with van der Waals surface area (Å²) in [5.41, 5.74) is 3.77. The summed E-state index contributed by atoms with van der Waals surface area (Å²) in [7, 11) is 7.34. The Morgan fingerprint density at radius 3 is 1.68 bits per heavy atom. The van der Waals surface area contributed by atoms with Gasteiger partial charge in [0.05, 0.1) is 0 Å². The van der Waals surface area contributed by atoms with E-state index in [1.807, 2.05) is 96.5 Å². The van der Waals surface area contributed by atoms with Crippen molar-refractivity contribution < 1.29 is 4.79 Å². The van der Waals surface area contributed by atoms with Gasteiger partial charge in [0.1, 0.15) is 0 Å². The fourth-order valence-electron chi connectivity index (χ4n) is 3.43. The van der Waals surface area contributed by atoms with Crippen molar-refractivity contribution in [3.8, 4) is 0 Å². The van der Waals surface area contributed by atoms with Crippen molar-refractivity contribution in [2.75, 3.05) is 28.2 Å². The van der Waals surface area contributed by atoms with Gasteiger partial charge in [-0.15, -0.1) is 0 Å². The van der Waals surface area contributed by atoms with E-state index in [1.54, 1.807) is 14.1 Å². The maximum absolute atomic E-state index is 11.1. The molecule has 0 aromatic heterocycles. The smallest absolute Gasteiger partial charge is 0.222 e. The molecule has 0 aliphatic heterocycles. The Morgan fingerprint density at radius 1 is 0.850 bits per heavy atom. The highest BCUT2D eigenvalue weighted by Gasteiger charge is 2.19. The van der Waals surface area contributed by atoms with Crippen LogP contribution in [0.5, 0.6) is 0 Å². The summed E-state index contributed by atoms with van der Waals surface area (Å²) in [5.74, 6) is 0.554. The molecule has 5 nitrogen and oxygen atoms in total. The molecule has 0 unspecified atom stereocenters. The van der Waals surface area contributed by atoms with Crippen molar-refractivity contribution >= 4 is 12.1 Å². The maximum atomic E-state index is 11.1. The van der Waals surface area contributed by atoms with E-state index in [2.05, 4.69) is 60.4 Å². The van der Waals surface area contributed by atoms with Crippen LogP contribution in [0.25, 0.3) is 0 Å². The van der Waals surface area contributed by atoms with E-state index in [0.29, 0.717) is 5.92 Å². The van der Waals surface area contributed by atoms with E-state index in [0.717, 1.165) is 30.6 Å². The maximum Gasteiger partial charge on any atom is 0.222 e. The Labute approximate surface area is 248 Å². The largest absolute Gasteiger partial charge is 0.391 e. The third-order valence-corrected chi connectivity index (χ3v) is 5.73. The van der Waals surface area contributed by atoms with E-state index in [-0.39, 0.29) is 11.3 Å². The summed E-state index contributed by atoms with van der Waals surface area (Å²) in [4.78, 5) is 14.9. The second-order valence-electron chi connectivity index (χ2n) is 9.74. The summed E-state index contributed by atoms with van der Waals surface area (Å²) in [6.45, 7) is 19.2. The van der Waals surface area contributed by atoms with Crippen LogP contribution in [0.15, 0.2) is 77.9 Å². The second kappa shape index (κ2) is 29.1. The fraction of sp³-hybridized carbons (Fsp3) is 0.543. The van der Waals surface area contributed by atoms with Crippen LogP contribution in [0.2, 0.25) is 0 Å². The number of benzene rings is 2. The molecule has 1 aliphatic carbocycles. The molecule has 1 saturated carbocycles. The number of aliphatic imine (C=N–C) groups is 1. The zero-order valence-electron chi connectivity index (χ0n) is 27.7. The van der Waals surface area contributed by atoms with Gasteiger partial charge < -0.3 is 16.0 Å². The standard InChI is InChI=1S/C8H15NO.C8H11N.C8H9N.C7H15N.2C2H6/c1-9-8(10)7-5-3-2-4-6-7;2*1-9-7-8-5-3-2-4-6-8;1-6(8-5)7(2,3)4;2*1-2/h7H,2-6H2,1H3,(H,9,10);2-6,9H,7H2,1H3;2-7H,1H3;8H,1H2,2-5H3;2*1-2H3. The van der Waals surface area contributed by atoms with E-state index < -0.39 is 0 Å². The number of rotatable bonds is 5. The first-order valence-corrected chi connectivity index (χ1v) is 14.9. The predicted molar refractivity (Wildman–Crippen MR) is 180 cm³/mol. The van der Waals surface area contributed by atoms with Gasteiger partial charge in [0.2, 0.25) is 5.91 Å². The molecule has 3 N–H and O–H groups in total. The first kappa shape index (κ1) is 41.6. The normalized spacial score (nSPS) is 12.1. The van der Waals surface area contributed by atoms with Gasteiger partial charge in [-0.2, -0.15) is 0 Å². The topological polar surface area (TPSA) is 65.5 Å². The molecule has 1 amide bonds. The average Bonchev–Trinajstić information content (AvgIpc) is 3.01. The molecular weight excluding hydrogens is 492 g/mol. The second-order valence-corrected chi connectivity index (χ2v) is 9.74. The van der Waals surface area contributed by atoms with Crippen molar-refractivity contribution in [2.24, 2.45) is 16.3 Å². The Hall–Kier alpha value is -2.92. The molecule has 0 radical (unpaired) electrons. The number of carbonyl (C=O) groups excluding carboxylic acids is 1. The lowest BCUT2D eigenvalue weighted by Gasteiger charge is -2.20. The summed E-state index contributed by atoms with van der Waals surface area (Å²) in [5, 5.41) is 8.79. The highest BCUT2D eigenvalue weighted by atomic mass is 16.1. The third kappa shape index (κ3) is 24.1. The van der Waals surface area contributed by atoms with Crippen LogP contribution in [-0.4, -0.2) is 40.3 Å². The van der Waals surface area contributed by atoms with Gasteiger partial charge in [0, 0.05) is 50.9 Å². The number of carbonyl (C=O) groups is 1. The summed E-state index contributed by atoms with van der Waals surface area (Å²) in [6.07, 6.45) is 7.81. The Kier molecular flexibility index (Phi) is 30.2. The molecule has 3 rings (SSSR count). The van der Waals surface area contributed by atoms with Crippen LogP contribution >= 0.6 is 0 Å². The molecule has 0 heterocycles. The predicted octanol–water partition coefficient (Wildman–Crippen LogP) is 8.27. The van der Waals surface area contributed by atoms with Gasteiger partial charge >= 0.3 is 0 Å². The van der Waals surface area contributed by atoms with E-state index in [9.17, 15) is 4.79 Å². The molecule has 1 fully saturated rings. The third-order valence-electron chi connectivity index (χ3n) is 5.73. The molecule has 1 aliphatic rings. The minimum Gasteiger partial charge on any atom is -0.391 e. The number of hydrogen-bond donors (Lipinski definition) is 3. The molecule has 0 bridgehead atoms. The zero-order valence-corrected chi connectivity index (χ0v) is 27.7. The summed E-state index contributed by atoms with van der Waals surface area (Å²) in [6, 6.07) is 20.4. The number of nitrogens with zero attached hydrogens (tertiary/aromatic N) is 1. The Balaban J connectivity index is -0.000000439. The van der Waals surface area contributed by atoms with Crippen molar-refractivity contribution in [3.63, 3.8) is 0 Å². The van der Waals surface area contributed by atoms with Gasteiger partial charge in [-0.1, -0.05) is 135 Å². The number of nitrogens with one attached hydrogen (secondary N) is 3. The minimum absolute atomic E-state index is 0.203. The first-order chi connectivity index (χ1) is 19.2. The molecule has 40 heavy (non-hydrogen) atoms. The van der Waals surface area contributed by atoms with Crippen LogP contribution in [0.3, 0.4) is 0 Å². The fourth-order valence-corrected chi connectivity index (χ4v) is 3.43. The summed E-state index contributed by atoms with van der Waals surface area (Å²) < 4.78 is 0. The van der Waals surface area contributed by atoms with E-state index >= 15 is 0 Å². The van der Waals surface area contributed by atoms with Gasteiger partial charge in [0.15, 0.2) is 0 Å². The van der Waals surface area contributed by atoms with E-state index in [4.69, 9.17) is 0 Å². The van der Waals surface area contributed by atoms with Crippen LogP contribution in [0.1, 0.15) is 91.7 Å². The van der Waals surface area contributed by atoms with Crippen LogP contribution in [-0.2, 0) is 11.3 Å². The van der Waals surface area contributed by atoms with Gasteiger partial charge in [0.25, 0.3) is 0 Å². The molecule has 0 atom stereocenters. The molecule has 2 aromatic rings. The van der Waals surface area contributed by atoms with Crippen molar-refractivity contribution in [2.45, 2.75) is 87.1 Å². The van der Waals surface area contributed by atoms with Gasteiger partial charge in [-0.25, -0.2) is 0 Å². The highest BCUT2D eigenvalue weighted by Crippen LogP contribution is 2.23. The minimum atomic E-state index is 0.203. The first-order valence-electron chi connectivity index (χ1n) is 14.9. The highest BCUT2D eigenvalue weighted by molar-refractivity contribution is 5.79. The number of hydrogen-bond acceptors (Lipinski definition) is 4. The van der Waals surface area contributed by atoms with Gasteiger partial charge in [-0.3, -0.25) is 9.79 Å². The monoisotopic (exact) mass is 554 g/mol. The molecule has 228 valence electrons. The molecule has 5 heteroatoms. The number of amides is 1. The van der Waals surface area contributed by atoms with Crippen molar-refractivity contribution in [1.29, 1.82) is 0 Å². The molecule has 0 saturated heterocycles. The SMILES string of the molecule is C=C(NC)C(C)(C)C.CC.CC.CN=Cc1ccccc1.CNC(=O)C1CCCCC1.CNCc1ccccc1. The van der Waals surface area contributed by atoms with Crippen LogP contribution < -0.4 is 16.0 Å². The quantitative estimate of drug-likeness (QED) is 0.326. The van der Waals surface area contributed by atoms with E-state index in [1.165, 1.54) is 24.8 Å². The Morgan fingerprint density at radius 2 is 1.32 bits per heavy atom. The van der Waals surface area contributed by atoms with Gasteiger partial charge in [-0.05, 0) is 31.0 Å². The lowest BCUT2D eigenvalue weighted by Crippen LogP contribution is -2.28. The molecule has 0 spiro atoms. The van der Waals surface area contributed by atoms with Crippen molar-refractivity contribution in [3.05, 3.63) is 84.1 Å². The zero-order chi connectivity index (χ0) is 31.2. The molecular formula is C35H62N4O.